The molecule has 0 spiro atoms. The number of carbonyl (C=O) groups excluding carboxylic acids is 1. The molecule has 1 amide bonds. The molecule has 1 N–H and O–H groups in total. The summed E-state index contributed by atoms with van der Waals surface area (Å²) in [5.74, 6) is 0.325. The zero-order chi connectivity index (χ0) is 17.1. The fourth-order valence-electron chi connectivity index (χ4n) is 2.77. The van der Waals surface area contributed by atoms with Gasteiger partial charge in [-0.15, -0.1) is 11.8 Å². The number of anilines is 1. The van der Waals surface area contributed by atoms with Crippen molar-refractivity contribution >= 4 is 45.7 Å². The Morgan fingerprint density at radius 2 is 1.71 bits per heavy atom. The van der Waals surface area contributed by atoms with Gasteiger partial charge < -0.3 is 5.32 Å². The van der Waals surface area contributed by atoms with E-state index in [4.69, 9.17) is 11.6 Å². The van der Waals surface area contributed by atoms with Gasteiger partial charge in [0.1, 0.15) is 0 Å². The second-order valence-electron chi connectivity index (χ2n) is 5.81. The number of nitrogens with one attached hydrogen (secondary N) is 1. The molecule has 2 nitrogen and oxygen atoms in total. The number of amides is 1. The van der Waals surface area contributed by atoms with Crippen LogP contribution in [-0.2, 0) is 4.79 Å². The van der Waals surface area contributed by atoms with Crippen LogP contribution in [0.3, 0.4) is 0 Å². The van der Waals surface area contributed by atoms with Gasteiger partial charge in [-0.25, -0.2) is 0 Å². The number of hydrogen-bond acceptors (Lipinski definition) is 2. The summed E-state index contributed by atoms with van der Waals surface area (Å²) in [6.07, 6.45) is 0. The van der Waals surface area contributed by atoms with Gasteiger partial charge in [0.25, 0.3) is 0 Å². The third kappa shape index (κ3) is 3.92. The maximum Gasteiger partial charge on any atom is 0.234 e. The maximum absolute atomic E-state index is 12.3. The first-order chi connectivity index (χ1) is 11.5. The minimum absolute atomic E-state index is 0.0194. The van der Waals surface area contributed by atoms with Gasteiger partial charge >= 0.3 is 0 Å². The topological polar surface area (TPSA) is 29.1 Å². The molecule has 122 valence electrons. The summed E-state index contributed by atoms with van der Waals surface area (Å²) in [6.45, 7) is 4.05. The number of fused-ring (bicyclic) bond motifs is 1. The van der Waals surface area contributed by atoms with E-state index in [-0.39, 0.29) is 5.91 Å². The van der Waals surface area contributed by atoms with Crippen molar-refractivity contribution in [2.45, 2.75) is 18.7 Å². The van der Waals surface area contributed by atoms with Crippen LogP contribution < -0.4 is 5.32 Å². The molecule has 0 radical (unpaired) electrons. The van der Waals surface area contributed by atoms with Crippen LogP contribution in [0, 0.1) is 13.8 Å². The van der Waals surface area contributed by atoms with E-state index in [1.807, 2.05) is 62.4 Å². The Morgan fingerprint density at radius 3 is 2.42 bits per heavy atom. The first-order valence-electron chi connectivity index (χ1n) is 7.71. The zero-order valence-corrected chi connectivity index (χ0v) is 15.2. The quantitative estimate of drug-likeness (QED) is 0.595. The van der Waals surface area contributed by atoms with Crippen molar-refractivity contribution < 1.29 is 4.79 Å². The van der Waals surface area contributed by atoms with Gasteiger partial charge in [-0.05, 0) is 54.6 Å². The van der Waals surface area contributed by atoms with Crippen molar-refractivity contribution in [3.8, 4) is 0 Å². The molecule has 0 saturated heterocycles. The standard InChI is InChI=1S/C20H18ClNOS/c1-13-9-14(2)11-16(10-13)22-19(23)12-24-18-8-4-6-15-5-3-7-17(21)20(15)18/h3-11H,12H2,1-2H3,(H,22,23). The third-order valence-electron chi connectivity index (χ3n) is 3.68. The lowest BCUT2D eigenvalue weighted by atomic mass is 10.1. The number of thioether (sulfide) groups is 1. The second kappa shape index (κ2) is 7.29. The molecule has 0 aromatic heterocycles. The van der Waals surface area contributed by atoms with E-state index in [2.05, 4.69) is 11.4 Å². The fourth-order valence-corrected chi connectivity index (χ4v) is 4.02. The van der Waals surface area contributed by atoms with Crippen LogP contribution in [0.4, 0.5) is 5.69 Å². The van der Waals surface area contributed by atoms with E-state index in [1.54, 1.807) is 0 Å². The van der Waals surface area contributed by atoms with Crippen molar-refractivity contribution in [1.29, 1.82) is 0 Å². The van der Waals surface area contributed by atoms with E-state index >= 15 is 0 Å². The van der Waals surface area contributed by atoms with E-state index < -0.39 is 0 Å². The molecule has 0 unspecified atom stereocenters. The summed E-state index contributed by atoms with van der Waals surface area (Å²) in [7, 11) is 0. The molecule has 0 saturated carbocycles. The van der Waals surface area contributed by atoms with Gasteiger partial charge in [0.2, 0.25) is 5.91 Å². The predicted molar refractivity (Wildman–Crippen MR) is 104 cm³/mol. The molecule has 24 heavy (non-hydrogen) atoms. The molecule has 0 atom stereocenters. The number of benzene rings is 3. The van der Waals surface area contributed by atoms with Gasteiger partial charge in [-0.2, -0.15) is 0 Å². The van der Waals surface area contributed by atoms with Crippen LogP contribution in [0.2, 0.25) is 5.02 Å². The van der Waals surface area contributed by atoms with Crippen molar-refractivity contribution in [2.75, 3.05) is 11.1 Å². The molecule has 0 heterocycles. The van der Waals surface area contributed by atoms with Crippen LogP contribution >= 0.6 is 23.4 Å². The van der Waals surface area contributed by atoms with Gasteiger partial charge in [-0.3, -0.25) is 4.79 Å². The first-order valence-corrected chi connectivity index (χ1v) is 9.07. The molecule has 4 heteroatoms. The van der Waals surface area contributed by atoms with E-state index in [9.17, 15) is 4.79 Å². The number of carbonyl (C=O) groups is 1. The van der Waals surface area contributed by atoms with Crippen molar-refractivity contribution in [3.63, 3.8) is 0 Å². The zero-order valence-electron chi connectivity index (χ0n) is 13.6. The summed E-state index contributed by atoms with van der Waals surface area (Å²) in [4.78, 5) is 13.3. The highest BCUT2D eigenvalue weighted by atomic mass is 35.5. The van der Waals surface area contributed by atoms with Crippen molar-refractivity contribution in [3.05, 3.63) is 70.7 Å². The Labute approximate surface area is 151 Å². The minimum atomic E-state index is -0.0194. The van der Waals surface area contributed by atoms with E-state index in [0.29, 0.717) is 10.8 Å². The highest BCUT2D eigenvalue weighted by Gasteiger charge is 2.09. The Kier molecular flexibility index (Phi) is 5.12. The lowest BCUT2D eigenvalue weighted by Crippen LogP contribution is -2.14. The summed E-state index contributed by atoms with van der Waals surface area (Å²) in [6, 6.07) is 17.9. The van der Waals surface area contributed by atoms with E-state index in [1.165, 1.54) is 11.8 Å². The Bertz CT molecular complexity index is 882. The van der Waals surface area contributed by atoms with E-state index in [0.717, 1.165) is 32.5 Å². The summed E-state index contributed by atoms with van der Waals surface area (Å²) in [5.41, 5.74) is 3.12. The summed E-state index contributed by atoms with van der Waals surface area (Å²) < 4.78 is 0. The molecular weight excluding hydrogens is 338 g/mol. The number of aryl methyl sites for hydroxylation is 2. The van der Waals surface area contributed by atoms with Crippen LogP contribution in [-0.4, -0.2) is 11.7 Å². The molecule has 3 aromatic rings. The van der Waals surface area contributed by atoms with Gasteiger partial charge in [-0.1, -0.05) is 41.9 Å². The Morgan fingerprint density at radius 1 is 1.04 bits per heavy atom. The summed E-state index contributed by atoms with van der Waals surface area (Å²) >= 11 is 7.83. The maximum atomic E-state index is 12.3. The van der Waals surface area contributed by atoms with Gasteiger partial charge in [0.05, 0.1) is 5.75 Å². The molecule has 0 aliphatic carbocycles. The number of rotatable bonds is 4. The lowest BCUT2D eigenvalue weighted by molar-refractivity contribution is -0.113. The van der Waals surface area contributed by atoms with Crippen LogP contribution in [0.1, 0.15) is 11.1 Å². The lowest BCUT2D eigenvalue weighted by Gasteiger charge is -2.09. The second-order valence-corrected chi connectivity index (χ2v) is 7.23. The molecule has 3 aromatic carbocycles. The summed E-state index contributed by atoms with van der Waals surface area (Å²) in [5, 5.41) is 5.77. The molecular formula is C20H18ClNOS. The third-order valence-corrected chi connectivity index (χ3v) is 5.05. The highest BCUT2D eigenvalue weighted by Crippen LogP contribution is 2.33. The average molecular weight is 356 g/mol. The van der Waals surface area contributed by atoms with Crippen molar-refractivity contribution in [1.82, 2.24) is 0 Å². The molecule has 0 aliphatic rings. The largest absolute Gasteiger partial charge is 0.325 e. The monoisotopic (exact) mass is 355 g/mol. The van der Waals surface area contributed by atoms with Crippen molar-refractivity contribution in [2.24, 2.45) is 0 Å². The highest BCUT2D eigenvalue weighted by molar-refractivity contribution is 8.00. The van der Waals surface area contributed by atoms with Crippen LogP contribution in [0.25, 0.3) is 10.8 Å². The molecule has 0 aliphatic heterocycles. The Hall–Kier alpha value is -1.97. The average Bonchev–Trinajstić information content (AvgIpc) is 2.52. The normalized spacial score (nSPS) is 10.8. The fraction of sp³-hybridized carbons (Fsp3) is 0.150. The molecule has 0 fully saturated rings. The van der Waals surface area contributed by atoms with Gasteiger partial charge in [0, 0.05) is 21.0 Å². The first kappa shape index (κ1) is 16.9. The number of hydrogen-bond donors (Lipinski definition) is 1. The van der Waals surface area contributed by atoms with Crippen LogP contribution in [0.15, 0.2) is 59.5 Å². The predicted octanol–water partition coefficient (Wildman–Crippen LogP) is 5.84. The number of halogens is 1. The minimum Gasteiger partial charge on any atom is -0.325 e. The SMILES string of the molecule is Cc1cc(C)cc(NC(=O)CSc2cccc3cccc(Cl)c23)c1. The van der Waals surface area contributed by atoms with Gasteiger partial charge in [0.15, 0.2) is 0 Å². The van der Waals surface area contributed by atoms with Crippen LogP contribution in [0.5, 0.6) is 0 Å². The molecule has 3 rings (SSSR count). The molecule has 0 bridgehead atoms. The Balaban J connectivity index is 1.73. The smallest absolute Gasteiger partial charge is 0.234 e.